The van der Waals surface area contributed by atoms with E-state index in [2.05, 4.69) is 15.6 Å². The van der Waals surface area contributed by atoms with Crippen molar-refractivity contribution in [3.05, 3.63) is 71.9 Å². The zero-order chi connectivity index (χ0) is 32.1. The number of hydrogen-bond acceptors (Lipinski definition) is 8. The van der Waals surface area contributed by atoms with E-state index >= 15 is 0 Å². The van der Waals surface area contributed by atoms with Crippen LogP contribution >= 0.6 is 11.3 Å². The molecule has 14 heteroatoms. The molecule has 4 atom stereocenters. The molecule has 0 bridgehead atoms. The average molecular weight is 662 g/mol. The number of nitrogens with zero attached hydrogens (tertiary/aromatic N) is 3. The highest BCUT2D eigenvalue weighted by molar-refractivity contribution is 7.91. The van der Waals surface area contributed by atoms with Crippen LogP contribution in [0.25, 0.3) is 10.6 Å². The van der Waals surface area contributed by atoms with E-state index in [1.165, 1.54) is 10.4 Å². The number of thiophene rings is 1. The summed E-state index contributed by atoms with van der Waals surface area (Å²) in [5, 5.41) is 17.6. The fraction of sp³-hybridized carbons (Fsp3) is 0.452. The van der Waals surface area contributed by atoms with Crippen LogP contribution in [-0.4, -0.2) is 90.4 Å². The van der Waals surface area contributed by atoms with E-state index in [1.807, 2.05) is 13.0 Å². The van der Waals surface area contributed by atoms with Crippen LogP contribution in [0.1, 0.15) is 31.7 Å². The molecule has 2 aliphatic heterocycles. The molecular formula is C31H37F2N5O5S2. The van der Waals surface area contributed by atoms with Crippen LogP contribution < -0.4 is 10.6 Å². The number of hydrogen-bond donors (Lipinski definition) is 3. The highest BCUT2D eigenvalue weighted by Gasteiger charge is 2.39. The quantitative estimate of drug-likeness (QED) is 0.272. The Morgan fingerprint density at radius 2 is 1.96 bits per heavy atom. The van der Waals surface area contributed by atoms with Gasteiger partial charge in [0.15, 0.2) is 0 Å². The van der Waals surface area contributed by atoms with Crippen molar-refractivity contribution in [1.29, 1.82) is 0 Å². The number of likely N-dealkylation sites (tertiary alicyclic amines) is 1. The fourth-order valence-electron chi connectivity index (χ4n) is 5.76. The number of aromatic nitrogens is 1. The van der Waals surface area contributed by atoms with E-state index in [0.717, 1.165) is 42.4 Å². The molecule has 3 aromatic rings. The Hall–Kier alpha value is -3.30. The van der Waals surface area contributed by atoms with Crippen molar-refractivity contribution in [2.75, 3.05) is 32.7 Å². The first kappa shape index (κ1) is 33.1. The number of pyridine rings is 1. The molecule has 10 nitrogen and oxygen atoms in total. The molecule has 5 rings (SSSR count). The van der Waals surface area contributed by atoms with Gasteiger partial charge < -0.3 is 20.6 Å². The third-order valence-electron chi connectivity index (χ3n) is 8.16. The van der Waals surface area contributed by atoms with E-state index < -0.39 is 51.7 Å². The molecule has 2 unspecified atom stereocenters. The zero-order valence-corrected chi connectivity index (χ0v) is 26.5. The van der Waals surface area contributed by atoms with E-state index in [0.29, 0.717) is 17.1 Å². The lowest BCUT2D eigenvalue weighted by Gasteiger charge is -2.38. The van der Waals surface area contributed by atoms with Crippen LogP contribution in [0.5, 0.6) is 0 Å². The summed E-state index contributed by atoms with van der Waals surface area (Å²) < 4.78 is 56.8. The number of aliphatic hydroxyl groups excluding tert-OH is 1. The van der Waals surface area contributed by atoms with Gasteiger partial charge in [0.05, 0.1) is 28.6 Å². The number of rotatable bonds is 12. The lowest BCUT2D eigenvalue weighted by molar-refractivity contribution is -0.129. The summed E-state index contributed by atoms with van der Waals surface area (Å²) in [4.78, 5) is 32.5. The number of aliphatic hydroxyl groups is 1. The molecule has 2 amide bonds. The van der Waals surface area contributed by atoms with Crippen LogP contribution in [0.2, 0.25) is 0 Å². The van der Waals surface area contributed by atoms with E-state index in [1.54, 1.807) is 29.3 Å². The molecule has 2 aromatic heterocycles. The van der Waals surface area contributed by atoms with Gasteiger partial charge in [-0.1, -0.05) is 19.4 Å². The molecule has 1 aromatic carbocycles. The minimum atomic E-state index is -3.92. The Morgan fingerprint density at radius 1 is 1.18 bits per heavy atom. The first-order valence-corrected chi connectivity index (χ1v) is 17.3. The van der Waals surface area contributed by atoms with Crippen molar-refractivity contribution in [3.8, 4) is 10.6 Å². The van der Waals surface area contributed by atoms with Crippen LogP contribution in [0, 0.1) is 17.6 Å². The van der Waals surface area contributed by atoms with Crippen molar-refractivity contribution in [2.24, 2.45) is 5.92 Å². The standard InChI is InChI=1S/C31H37F2N5O5S2/c1-2-3-11-37-18-21(16-28(37)39)31(41)36-25(15-20-13-22(32)17-23(33)14-20)30(40)26-19-38(12-10-35-26)45(42,43)29-8-7-27(44-29)24-6-4-5-9-34-24/h4-9,13-14,17,21,25-26,30,35,40H,2-3,10-12,15-16,18-19H2,1H3,(H,36,41)/t21?,25?,26-,30+/m1/s1. The molecule has 2 saturated heterocycles. The summed E-state index contributed by atoms with van der Waals surface area (Å²) in [6.45, 7) is 3.10. The van der Waals surface area contributed by atoms with E-state index in [4.69, 9.17) is 0 Å². The monoisotopic (exact) mass is 661 g/mol. The summed E-state index contributed by atoms with van der Waals surface area (Å²) in [5.74, 6) is -2.82. The maximum Gasteiger partial charge on any atom is 0.252 e. The highest BCUT2D eigenvalue weighted by atomic mass is 32.2. The number of carbonyl (C=O) groups is 2. The molecule has 0 spiro atoms. The minimum absolute atomic E-state index is 0.0297. The first-order chi connectivity index (χ1) is 21.5. The van der Waals surface area contributed by atoms with Gasteiger partial charge in [0.2, 0.25) is 11.8 Å². The number of halogens is 2. The maximum atomic E-state index is 14.1. The van der Waals surface area contributed by atoms with Crippen LogP contribution in [0.15, 0.2) is 58.9 Å². The summed E-state index contributed by atoms with van der Waals surface area (Å²) in [5.41, 5.74) is 0.868. The van der Waals surface area contributed by atoms with Crippen LogP contribution in [0.4, 0.5) is 8.78 Å². The van der Waals surface area contributed by atoms with Crippen molar-refractivity contribution in [1.82, 2.24) is 24.8 Å². The molecular weight excluding hydrogens is 625 g/mol. The maximum absolute atomic E-state index is 14.1. The smallest absolute Gasteiger partial charge is 0.252 e. The Bertz CT molecular complexity index is 1590. The van der Waals surface area contributed by atoms with Gasteiger partial charge >= 0.3 is 0 Å². The third kappa shape index (κ3) is 7.93. The number of piperazine rings is 1. The largest absolute Gasteiger partial charge is 0.389 e. The Kier molecular flexibility index (Phi) is 10.6. The summed E-state index contributed by atoms with van der Waals surface area (Å²) in [6, 6.07) is 9.77. The topological polar surface area (TPSA) is 132 Å². The SMILES string of the molecule is CCCCN1CC(C(=O)NC(Cc2cc(F)cc(F)c2)[C@H](O)[C@H]2CN(S(=O)(=O)c3ccc(-c4ccccn4)s3)CCN2)CC1=O. The fourth-order valence-corrected chi connectivity index (χ4v) is 8.67. The van der Waals surface area contributed by atoms with Gasteiger partial charge in [0, 0.05) is 57.4 Å². The lowest BCUT2D eigenvalue weighted by Crippen LogP contribution is -2.62. The predicted molar refractivity (Wildman–Crippen MR) is 166 cm³/mol. The van der Waals surface area contributed by atoms with Gasteiger partial charge in [-0.2, -0.15) is 4.31 Å². The van der Waals surface area contributed by atoms with Crippen molar-refractivity contribution in [2.45, 2.75) is 55.0 Å². The Balaban J connectivity index is 1.33. The zero-order valence-electron chi connectivity index (χ0n) is 24.9. The number of sulfonamides is 1. The lowest BCUT2D eigenvalue weighted by atomic mass is 9.94. The van der Waals surface area contributed by atoms with E-state index in [9.17, 15) is 31.9 Å². The molecule has 2 fully saturated rings. The minimum Gasteiger partial charge on any atom is -0.389 e. The second-order valence-electron chi connectivity index (χ2n) is 11.4. The van der Waals surface area contributed by atoms with Gasteiger partial charge in [0.1, 0.15) is 15.8 Å². The Labute approximate surface area is 265 Å². The molecule has 0 aliphatic carbocycles. The van der Waals surface area contributed by atoms with Crippen molar-refractivity contribution < 1.29 is 31.9 Å². The van der Waals surface area contributed by atoms with Gasteiger partial charge in [-0.25, -0.2) is 17.2 Å². The predicted octanol–water partition coefficient (Wildman–Crippen LogP) is 2.79. The first-order valence-electron chi connectivity index (χ1n) is 15.0. The molecule has 4 heterocycles. The summed E-state index contributed by atoms with van der Waals surface area (Å²) >= 11 is 1.10. The average Bonchev–Trinajstić information content (AvgIpc) is 3.67. The normalized spacial score (nSPS) is 20.7. The van der Waals surface area contributed by atoms with Gasteiger partial charge in [-0.05, 0) is 54.8 Å². The summed E-state index contributed by atoms with van der Waals surface area (Å²) in [6.07, 6.45) is 1.92. The second kappa shape index (κ2) is 14.4. The number of benzene rings is 1. The van der Waals surface area contributed by atoms with E-state index in [-0.39, 0.29) is 54.7 Å². The molecule has 0 radical (unpaired) electrons. The van der Waals surface area contributed by atoms with Gasteiger partial charge in [-0.3, -0.25) is 14.6 Å². The van der Waals surface area contributed by atoms with Crippen LogP contribution in [-0.2, 0) is 26.0 Å². The molecule has 2 aliphatic rings. The molecule has 0 saturated carbocycles. The summed E-state index contributed by atoms with van der Waals surface area (Å²) in [7, 11) is -3.92. The van der Waals surface area contributed by atoms with Crippen molar-refractivity contribution in [3.63, 3.8) is 0 Å². The van der Waals surface area contributed by atoms with Crippen molar-refractivity contribution >= 4 is 33.2 Å². The number of carbonyl (C=O) groups excluding carboxylic acids is 2. The number of nitrogens with one attached hydrogen (secondary N) is 2. The van der Waals surface area contributed by atoms with Crippen LogP contribution in [0.3, 0.4) is 0 Å². The molecule has 242 valence electrons. The third-order valence-corrected chi connectivity index (χ3v) is 11.6. The second-order valence-corrected chi connectivity index (χ2v) is 14.7. The van der Waals surface area contributed by atoms with Gasteiger partial charge in [0.25, 0.3) is 10.0 Å². The van der Waals surface area contributed by atoms with Gasteiger partial charge in [-0.15, -0.1) is 11.3 Å². The number of unbranched alkanes of at least 4 members (excludes halogenated alkanes) is 1. The molecule has 45 heavy (non-hydrogen) atoms. The Morgan fingerprint density at radius 3 is 2.67 bits per heavy atom. The molecule has 3 N–H and O–H groups in total. The highest BCUT2D eigenvalue weighted by Crippen LogP contribution is 2.32. The number of amides is 2.